The molecule has 0 aromatic rings. The predicted molar refractivity (Wildman–Crippen MR) is 37.5 cm³/mol. The van der Waals surface area contributed by atoms with Gasteiger partial charge in [-0.3, -0.25) is 0 Å². The van der Waals surface area contributed by atoms with Gasteiger partial charge in [0, 0.05) is 13.2 Å². The third-order valence-electron chi connectivity index (χ3n) is 1.71. The Kier molecular flexibility index (Phi) is 3.01. The third-order valence-corrected chi connectivity index (χ3v) is 1.71. The molecule has 0 radical (unpaired) electrons. The Hall–Kier alpha value is -0.0800. The average molecular weight is 129 g/mol. The fourth-order valence-electron chi connectivity index (χ4n) is 1.20. The van der Waals surface area contributed by atoms with Crippen molar-refractivity contribution < 1.29 is 4.74 Å². The summed E-state index contributed by atoms with van der Waals surface area (Å²) in [5, 5.41) is 3.11. The highest BCUT2D eigenvalue weighted by Gasteiger charge is 2.11. The van der Waals surface area contributed by atoms with Crippen molar-refractivity contribution in [2.75, 3.05) is 20.2 Å². The molecular weight excluding hydrogens is 114 g/mol. The van der Waals surface area contributed by atoms with Crippen molar-refractivity contribution in [3.63, 3.8) is 0 Å². The first kappa shape index (κ1) is 7.03. The van der Waals surface area contributed by atoms with Crippen LogP contribution < -0.4 is 5.32 Å². The lowest BCUT2D eigenvalue weighted by Crippen LogP contribution is -2.29. The highest BCUT2D eigenvalue weighted by atomic mass is 16.5. The summed E-state index contributed by atoms with van der Waals surface area (Å²) in [6.07, 6.45) is 4.32. The van der Waals surface area contributed by atoms with Crippen LogP contribution >= 0.6 is 0 Å². The summed E-state index contributed by atoms with van der Waals surface area (Å²) in [6.45, 7) is 1.98. The lowest BCUT2D eigenvalue weighted by atomic mass is 10.1. The summed E-state index contributed by atoms with van der Waals surface area (Å²) in [7, 11) is 1.97. The van der Waals surface area contributed by atoms with Crippen molar-refractivity contribution in [1.29, 1.82) is 0 Å². The van der Waals surface area contributed by atoms with E-state index in [-0.39, 0.29) is 0 Å². The number of hydrogen-bond donors (Lipinski definition) is 1. The number of rotatable bonds is 2. The van der Waals surface area contributed by atoms with Crippen LogP contribution in [0, 0.1) is 0 Å². The maximum absolute atomic E-state index is 5.46. The highest BCUT2D eigenvalue weighted by molar-refractivity contribution is 4.64. The minimum Gasteiger partial charge on any atom is -0.377 e. The first-order chi connectivity index (χ1) is 4.43. The van der Waals surface area contributed by atoms with E-state index < -0.39 is 0 Å². The molecule has 0 bridgehead atoms. The second kappa shape index (κ2) is 3.85. The van der Waals surface area contributed by atoms with Gasteiger partial charge in [0.2, 0.25) is 0 Å². The summed E-state index contributed by atoms with van der Waals surface area (Å²) < 4.78 is 5.46. The zero-order valence-corrected chi connectivity index (χ0v) is 6.02. The van der Waals surface area contributed by atoms with Crippen LogP contribution in [-0.4, -0.2) is 26.3 Å². The van der Waals surface area contributed by atoms with E-state index in [9.17, 15) is 0 Å². The topological polar surface area (TPSA) is 21.3 Å². The van der Waals surface area contributed by atoms with Gasteiger partial charge in [0.15, 0.2) is 0 Å². The second-order valence-corrected chi connectivity index (χ2v) is 2.55. The molecule has 2 heteroatoms. The largest absolute Gasteiger partial charge is 0.377 e. The molecule has 0 unspecified atom stereocenters. The number of nitrogens with one attached hydrogen (secondary N) is 1. The van der Waals surface area contributed by atoms with E-state index in [2.05, 4.69) is 5.32 Å². The van der Waals surface area contributed by atoms with Crippen LogP contribution in [0.4, 0.5) is 0 Å². The van der Waals surface area contributed by atoms with E-state index >= 15 is 0 Å². The molecule has 1 aliphatic rings. The maximum atomic E-state index is 5.46. The van der Waals surface area contributed by atoms with Crippen molar-refractivity contribution in [2.24, 2.45) is 0 Å². The van der Waals surface area contributed by atoms with E-state index in [1.165, 1.54) is 19.3 Å². The summed E-state index contributed by atoms with van der Waals surface area (Å²) in [6, 6.07) is 0. The molecule has 1 N–H and O–H groups in total. The van der Waals surface area contributed by atoms with Crippen molar-refractivity contribution in [1.82, 2.24) is 5.32 Å². The molecule has 0 amide bonds. The smallest absolute Gasteiger partial charge is 0.0699 e. The quantitative estimate of drug-likeness (QED) is 0.594. The van der Waals surface area contributed by atoms with E-state index in [1.54, 1.807) is 0 Å². The van der Waals surface area contributed by atoms with Gasteiger partial charge in [-0.15, -0.1) is 0 Å². The second-order valence-electron chi connectivity index (χ2n) is 2.55. The van der Waals surface area contributed by atoms with Crippen LogP contribution in [0.5, 0.6) is 0 Å². The lowest BCUT2D eigenvalue weighted by Gasteiger charge is -2.21. The molecule has 0 aromatic heterocycles. The minimum absolute atomic E-state index is 0.490. The van der Waals surface area contributed by atoms with Gasteiger partial charge in [-0.1, -0.05) is 0 Å². The van der Waals surface area contributed by atoms with Crippen LogP contribution in [0.1, 0.15) is 19.3 Å². The molecule has 1 aliphatic heterocycles. The molecule has 1 atom stereocenters. The first-order valence-electron chi connectivity index (χ1n) is 3.69. The molecule has 0 aromatic carbocycles. The van der Waals surface area contributed by atoms with Gasteiger partial charge >= 0.3 is 0 Å². The molecule has 2 nitrogen and oxygen atoms in total. The Labute approximate surface area is 56.6 Å². The highest BCUT2D eigenvalue weighted by Crippen LogP contribution is 2.10. The van der Waals surface area contributed by atoms with E-state index in [4.69, 9.17) is 4.74 Å². The van der Waals surface area contributed by atoms with Gasteiger partial charge in [0.1, 0.15) is 0 Å². The first-order valence-corrected chi connectivity index (χ1v) is 3.69. The van der Waals surface area contributed by atoms with Gasteiger partial charge in [-0.25, -0.2) is 0 Å². The Morgan fingerprint density at radius 1 is 1.56 bits per heavy atom. The van der Waals surface area contributed by atoms with Gasteiger partial charge in [0.05, 0.1) is 6.10 Å². The third kappa shape index (κ3) is 2.33. The standard InChI is InChI=1S/C7H15NO/c1-8-6-7-4-2-3-5-9-7/h7-8H,2-6H2,1H3/t7-/m0/s1. The van der Waals surface area contributed by atoms with Crippen LogP contribution in [0.15, 0.2) is 0 Å². The monoisotopic (exact) mass is 129 g/mol. The molecule has 1 rings (SSSR count). The molecule has 0 aliphatic carbocycles. The molecular formula is C7H15NO. The van der Waals surface area contributed by atoms with Crippen LogP contribution in [0.3, 0.4) is 0 Å². The summed E-state index contributed by atoms with van der Waals surface area (Å²) >= 11 is 0. The lowest BCUT2D eigenvalue weighted by molar-refractivity contribution is 0.0181. The fourth-order valence-corrected chi connectivity index (χ4v) is 1.20. The molecule has 9 heavy (non-hydrogen) atoms. The number of hydrogen-bond acceptors (Lipinski definition) is 2. The molecule has 0 spiro atoms. The fraction of sp³-hybridized carbons (Fsp3) is 1.00. The Bertz CT molecular complexity index is 66.6. The van der Waals surface area contributed by atoms with Crippen molar-refractivity contribution in [2.45, 2.75) is 25.4 Å². The maximum Gasteiger partial charge on any atom is 0.0699 e. The Morgan fingerprint density at radius 2 is 2.44 bits per heavy atom. The van der Waals surface area contributed by atoms with Crippen LogP contribution in [0.25, 0.3) is 0 Å². The van der Waals surface area contributed by atoms with Crippen molar-refractivity contribution in [3.05, 3.63) is 0 Å². The predicted octanol–water partition coefficient (Wildman–Crippen LogP) is 0.775. The Morgan fingerprint density at radius 3 is 3.00 bits per heavy atom. The SMILES string of the molecule is CNC[C@@H]1CCCCO1. The molecule has 1 heterocycles. The zero-order chi connectivity index (χ0) is 6.53. The number of ether oxygens (including phenoxy) is 1. The normalized spacial score (nSPS) is 28.3. The molecule has 0 saturated carbocycles. The Balaban J connectivity index is 2.08. The van der Waals surface area contributed by atoms with Gasteiger partial charge < -0.3 is 10.1 Å². The molecule has 1 fully saturated rings. The van der Waals surface area contributed by atoms with E-state index in [0.717, 1.165) is 13.2 Å². The summed E-state index contributed by atoms with van der Waals surface area (Å²) in [5.74, 6) is 0. The number of likely N-dealkylation sites (N-methyl/N-ethyl adjacent to an activating group) is 1. The molecule has 1 saturated heterocycles. The summed E-state index contributed by atoms with van der Waals surface area (Å²) in [4.78, 5) is 0. The van der Waals surface area contributed by atoms with Crippen LogP contribution in [-0.2, 0) is 4.74 Å². The van der Waals surface area contributed by atoms with Crippen molar-refractivity contribution in [3.8, 4) is 0 Å². The van der Waals surface area contributed by atoms with Crippen molar-refractivity contribution >= 4 is 0 Å². The van der Waals surface area contributed by atoms with Crippen LogP contribution in [0.2, 0.25) is 0 Å². The van der Waals surface area contributed by atoms with Gasteiger partial charge in [-0.2, -0.15) is 0 Å². The molecule has 54 valence electrons. The van der Waals surface area contributed by atoms with E-state index in [1.807, 2.05) is 7.05 Å². The minimum atomic E-state index is 0.490. The zero-order valence-electron chi connectivity index (χ0n) is 6.02. The van der Waals surface area contributed by atoms with E-state index in [0.29, 0.717) is 6.10 Å². The average Bonchev–Trinajstić information content (AvgIpc) is 1.91. The van der Waals surface area contributed by atoms with Gasteiger partial charge in [0.25, 0.3) is 0 Å². The van der Waals surface area contributed by atoms with Gasteiger partial charge in [-0.05, 0) is 26.3 Å². The summed E-state index contributed by atoms with van der Waals surface area (Å²) in [5.41, 5.74) is 0.